The molecule has 1 aliphatic carbocycles. The highest BCUT2D eigenvalue weighted by Crippen LogP contribution is 2.35. The van der Waals surface area contributed by atoms with Crippen molar-refractivity contribution in [3.63, 3.8) is 0 Å². The summed E-state index contributed by atoms with van der Waals surface area (Å²) >= 11 is 0. The van der Waals surface area contributed by atoms with Gasteiger partial charge in [-0.1, -0.05) is 11.6 Å². The molecule has 0 aliphatic heterocycles. The van der Waals surface area contributed by atoms with Crippen molar-refractivity contribution in [2.75, 3.05) is 6.54 Å². The van der Waals surface area contributed by atoms with E-state index >= 15 is 0 Å². The lowest BCUT2D eigenvalue weighted by molar-refractivity contribution is -0.123. The number of nitrogens with zero attached hydrogens (tertiary/aromatic N) is 4. The van der Waals surface area contributed by atoms with Gasteiger partial charge in [-0.3, -0.25) is 4.79 Å². The molecule has 0 radical (unpaired) electrons. The molecule has 3 rings (SSSR count). The van der Waals surface area contributed by atoms with Crippen molar-refractivity contribution in [3.8, 4) is 0 Å². The number of nitrogens with one attached hydrogen (secondary N) is 1. The van der Waals surface area contributed by atoms with Crippen molar-refractivity contribution in [3.05, 3.63) is 29.9 Å². The molecule has 118 valence electrons. The van der Waals surface area contributed by atoms with Gasteiger partial charge in [0, 0.05) is 31.3 Å². The standard InChI is InChI=1S/C15H21N5O2/c1-10(20-9-8-16-11(20)2)14(21)17-7-6-13-18-15(22-19-13)12-4-3-5-12/h8-10,12H,3-7H2,1-2H3,(H,17,21)/t10-/m0/s1. The van der Waals surface area contributed by atoms with E-state index < -0.39 is 0 Å². The molecule has 0 aromatic carbocycles. The van der Waals surface area contributed by atoms with E-state index in [1.807, 2.05) is 24.6 Å². The third-order valence-electron chi connectivity index (χ3n) is 4.25. The highest BCUT2D eigenvalue weighted by Gasteiger charge is 2.25. The van der Waals surface area contributed by atoms with Crippen LogP contribution in [0.25, 0.3) is 0 Å². The van der Waals surface area contributed by atoms with Crippen molar-refractivity contribution < 1.29 is 9.32 Å². The molecule has 0 bridgehead atoms. The maximum atomic E-state index is 12.1. The number of rotatable bonds is 6. The summed E-state index contributed by atoms with van der Waals surface area (Å²) in [5.74, 6) is 2.64. The van der Waals surface area contributed by atoms with Crippen molar-refractivity contribution >= 4 is 5.91 Å². The Morgan fingerprint density at radius 2 is 2.36 bits per heavy atom. The number of amides is 1. The molecule has 0 spiro atoms. The molecular weight excluding hydrogens is 282 g/mol. The molecule has 7 heteroatoms. The van der Waals surface area contributed by atoms with Gasteiger partial charge in [0.25, 0.3) is 0 Å². The normalized spacial score (nSPS) is 16.3. The highest BCUT2D eigenvalue weighted by molar-refractivity contribution is 5.79. The van der Waals surface area contributed by atoms with Crippen LogP contribution in [0.4, 0.5) is 0 Å². The Kier molecular flexibility index (Phi) is 4.22. The van der Waals surface area contributed by atoms with Crippen LogP contribution in [0, 0.1) is 6.92 Å². The summed E-state index contributed by atoms with van der Waals surface area (Å²) in [5.41, 5.74) is 0. The number of aryl methyl sites for hydroxylation is 1. The average molecular weight is 303 g/mol. The van der Waals surface area contributed by atoms with Gasteiger partial charge in [0.1, 0.15) is 11.9 Å². The van der Waals surface area contributed by atoms with E-state index in [1.54, 1.807) is 6.20 Å². The molecule has 0 unspecified atom stereocenters. The van der Waals surface area contributed by atoms with E-state index in [4.69, 9.17) is 4.52 Å². The van der Waals surface area contributed by atoms with E-state index in [0.29, 0.717) is 24.7 Å². The fourth-order valence-corrected chi connectivity index (χ4v) is 2.56. The maximum Gasteiger partial charge on any atom is 0.242 e. The predicted octanol–water partition coefficient (Wildman–Crippen LogP) is 1.76. The molecule has 0 saturated heterocycles. The van der Waals surface area contributed by atoms with Crippen molar-refractivity contribution in [2.45, 2.75) is 51.5 Å². The summed E-state index contributed by atoms with van der Waals surface area (Å²) in [6.45, 7) is 4.23. The van der Waals surface area contributed by atoms with Crippen molar-refractivity contribution in [1.82, 2.24) is 25.0 Å². The Morgan fingerprint density at radius 1 is 1.55 bits per heavy atom. The minimum Gasteiger partial charge on any atom is -0.354 e. The number of hydrogen-bond donors (Lipinski definition) is 1. The van der Waals surface area contributed by atoms with Gasteiger partial charge < -0.3 is 14.4 Å². The number of carbonyl (C=O) groups is 1. The van der Waals surface area contributed by atoms with Gasteiger partial charge in [-0.15, -0.1) is 0 Å². The summed E-state index contributed by atoms with van der Waals surface area (Å²) < 4.78 is 7.11. The van der Waals surface area contributed by atoms with E-state index in [1.165, 1.54) is 6.42 Å². The quantitative estimate of drug-likeness (QED) is 0.879. The summed E-state index contributed by atoms with van der Waals surface area (Å²) in [5, 5.41) is 6.88. The van der Waals surface area contributed by atoms with E-state index in [0.717, 1.165) is 24.6 Å². The van der Waals surface area contributed by atoms with Crippen LogP contribution >= 0.6 is 0 Å². The lowest BCUT2D eigenvalue weighted by Gasteiger charge is -2.20. The lowest BCUT2D eigenvalue weighted by Crippen LogP contribution is -2.32. The minimum atomic E-state index is -0.279. The summed E-state index contributed by atoms with van der Waals surface area (Å²) in [6.07, 6.45) is 7.60. The third-order valence-corrected chi connectivity index (χ3v) is 4.25. The van der Waals surface area contributed by atoms with Gasteiger partial charge in [-0.05, 0) is 26.7 Å². The SMILES string of the molecule is Cc1nccn1[C@@H](C)C(=O)NCCc1noc(C2CCC2)n1. The van der Waals surface area contributed by atoms with Crippen molar-refractivity contribution in [1.29, 1.82) is 0 Å². The molecular formula is C15H21N5O2. The molecule has 1 amide bonds. The number of hydrogen-bond acceptors (Lipinski definition) is 5. The molecule has 1 N–H and O–H groups in total. The zero-order valence-corrected chi connectivity index (χ0v) is 13.0. The molecule has 2 aromatic heterocycles. The Hall–Kier alpha value is -2.18. The first-order valence-corrected chi connectivity index (χ1v) is 7.75. The van der Waals surface area contributed by atoms with Crippen LogP contribution in [0.5, 0.6) is 0 Å². The van der Waals surface area contributed by atoms with Gasteiger partial charge in [0.2, 0.25) is 11.8 Å². The van der Waals surface area contributed by atoms with Gasteiger partial charge in [0.05, 0.1) is 0 Å². The summed E-state index contributed by atoms with van der Waals surface area (Å²) in [6, 6.07) is -0.279. The fourth-order valence-electron chi connectivity index (χ4n) is 2.56. The van der Waals surface area contributed by atoms with Gasteiger partial charge in [-0.25, -0.2) is 4.98 Å². The largest absolute Gasteiger partial charge is 0.354 e. The van der Waals surface area contributed by atoms with E-state index in [2.05, 4.69) is 20.4 Å². The maximum absolute atomic E-state index is 12.1. The fraction of sp³-hybridized carbons (Fsp3) is 0.600. The van der Waals surface area contributed by atoms with Crippen LogP contribution < -0.4 is 5.32 Å². The van der Waals surface area contributed by atoms with E-state index in [9.17, 15) is 4.79 Å². The van der Waals surface area contributed by atoms with Crippen molar-refractivity contribution in [2.24, 2.45) is 0 Å². The topological polar surface area (TPSA) is 85.8 Å². The predicted molar refractivity (Wildman–Crippen MR) is 79.3 cm³/mol. The number of imidazole rings is 1. The van der Waals surface area contributed by atoms with Gasteiger partial charge >= 0.3 is 0 Å². The minimum absolute atomic E-state index is 0.0381. The summed E-state index contributed by atoms with van der Waals surface area (Å²) in [7, 11) is 0. The Bertz CT molecular complexity index is 644. The second-order valence-corrected chi connectivity index (χ2v) is 5.78. The van der Waals surface area contributed by atoms with Crippen LogP contribution in [0.15, 0.2) is 16.9 Å². The molecule has 22 heavy (non-hydrogen) atoms. The second-order valence-electron chi connectivity index (χ2n) is 5.78. The van der Waals surface area contributed by atoms with Gasteiger partial charge in [-0.2, -0.15) is 4.98 Å². The Labute approximate surface area is 129 Å². The summed E-state index contributed by atoms with van der Waals surface area (Å²) in [4.78, 5) is 20.7. The second kappa shape index (κ2) is 6.29. The smallest absolute Gasteiger partial charge is 0.242 e. The Balaban J connectivity index is 1.47. The lowest BCUT2D eigenvalue weighted by atomic mass is 9.85. The zero-order chi connectivity index (χ0) is 15.5. The monoisotopic (exact) mass is 303 g/mol. The highest BCUT2D eigenvalue weighted by atomic mass is 16.5. The van der Waals surface area contributed by atoms with Crippen LogP contribution in [-0.2, 0) is 11.2 Å². The molecule has 1 saturated carbocycles. The molecule has 7 nitrogen and oxygen atoms in total. The molecule has 1 atom stereocenters. The molecule has 1 aliphatic rings. The average Bonchev–Trinajstić information content (AvgIpc) is 3.05. The van der Waals surface area contributed by atoms with E-state index in [-0.39, 0.29) is 11.9 Å². The van der Waals surface area contributed by atoms with Crippen LogP contribution in [0.1, 0.15) is 55.7 Å². The first kappa shape index (κ1) is 14.7. The van der Waals surface area contributed by atoms with Crippen LogP contribution in [0.3, 0.4) is 0 Å². The molecule has 2 aromatic rings. The first-order valence-electron chi connectivity index (χ1n) is 7.75. The molecule has 1 fully saturated rings. The Morgan fingerprint density at radius 3 is 3.00 bits per heavy atom. The van der Waals surface area contributed by atoms with Crippen LogP contribution in [-0.4, -0.2) is 32.1 Å². The first-order chi connectivity index (χ1) is 10.6. The van der Waals surface area contributed by atoms with Crippen LogP contribution in [0.2, 0.25) is 0 Å². The van der Waals surface area contributed by atoms with Gasteiger partial charge in [0.15, 0.2) is 5.82 Å². The zero-order valence-electron chi connectivity index (χ0n) is 13.0. The number of carbonyl (C=O) groups excluding carboxylic acids is 1. The number of aromatic nitrogens is 4. The third kappa shape index (κ3) is 3.03. The molecule has 2 heterocycles.